The molecular formula is C20H38N4O7. The van der Waals surface area contributed by atoms with E-state index >= 15 is 0 Å². The molecule has 0 aromatic heterocycles. The van der Waals surface area contributed by atoms with Crippen molar-refractivity contribution in [3.8, 4) is 0 Å². The fraction of sp³-hybridized carbons (Fsp3) is 0.950. The van der Waals surface area contributed by atoms with E-state index in [-0.39, 0.29) is 24.1 Å². The zero-order chi connectivity index (χ0) is 23.1. The van der Waals surface area contributed by atoms with Crippen LogP contribution in [0.15, 0.2) is 0 Å². The number of likely N-dealkylation sites (N-methyl/N-ethyl adjacent to an activating group) is 2. The Morgan fingerprint density at radius 1 is 1.06 bits per heavy atom. The lowest BCUT2D eigenvalue weighted by Gasteiger charge is -2.58. The molecule has 0 radical (unpaired) electrons. The number of aliphatic hydroxyl groups is 3. The molecule has 2 saturated heterocycles. The maximum absolute atomic E-state index is 12.5. The Bertz CT molecular complexity index is 648. The van der Waals surface area contributed by atoms with Crippen LogP contribution in [0, 0.1) is 0 Å². The molecule has 0 aromatic rings. The minimum Gasteiger partial charge on any atom is -0.390 e. The molecule has 2 heterocycles. The fourth-order valence-electron chi connectivity index (χ4n) is 4.61. The molecule has 0 aromatic carbocycles. The van der Waals surface area contributed by atoms with Crippen molar-refractivity contribution >= 4 is 5.91 Å². The summed E-state index contributed by atoms with van der Waals surface area (Å²) in [6, 6.07) is -2.09. The predicted octanol–water partition coefficient (Wildman–Crippen LogP) is -2.62. The molecular weight excluding hydrogens is 408 g/mol. The topological polar surface area (TPSA) is 154 Å². The van der Waals surface area contributed by atoms with Crippen LogP contribution in [0.2, 0.25) is 0 Å². The number of aliphatic hydroxyl groups excluding tert-OH is 2. The maximum atomic E-state index is 12.5. The van der Waals surface area contributed by atoms with Crippen LogP contribution in [0.1, 0.15) is 34.1 Å². The van der Waals surface area contributed by atoms with Crippen LogP contribution in [0.3, 0.4) is 0 Å². The maximum Gasteiger partial charge on any atom is 0.239 e. The van der Waals surface area contributed by atoms with Gasteiger partial charge in [-0.15, -0.1) is 0 Å². The lowest BCUT2D eigenvalue weighted by atomic mass is 9.79. The van der Waals surface area contributed by atoms with Gasteiger partial charge in [0.05, 0.1) is 36.9 Å². The van der Waals surface area contributed by atoms with Gasteiger partial charge in [-0.05, 0) is 48.2 Å². The smallest absolute Gasteiger partial charge is 0.239 e. The lowest BCUT2D eigenvalue weighted by Crippen LogP contribution is -2.79. The van der Waals surface area contributed by atoms with Gasteiger partial charge >= 0.3 is 0 Å². The van der Waals surface area contributed by atoms with E-state index < -0.39 is 54.6 Å². The third-order valence-corrected chi connectivity index (χ3v) is 6.27. The number of fused-ring (bicyclic) bond motifs is 2. The molecule has 3 fully saturated rings. The largest absolute Gasteiger partial charge is 0.390 e. The van der Waals surface area contributed by atoms with Gasteiger partial charge in [-0.2, -0.15) is 0 Å². The van der Waals surface area contributed by atoms with E-state index in [2.05, 4.69) is 21.3 Å². The van der Waals surface area contributed by atoms with Gasteiger partial charge in [0.25, 0.3) is 0 Å². The average molecular weight is 447 g/mol. The first kappa shape index (κ1) is 24.7. The van der Waals surface area contributed by atoms with Crippen LogP contribution in [0.5, 0.6) is 0 Å². The van der Waals surface area contributed by atoms with Crippen molar-refractivity contribution in [3.63, 3.8) is 0 Å². The van der Waals surface area contributed by atoms with Gasteiger partial charge < -0.3 is 50.8 Å². The average Bonchev–Trinajstić information content (AvgIpc) is 2.67. The molecule has 3 aliphatic rings. The summed E-state index contributed by atoms with van der Waals surface area (Å²) in [5.41, 5.74) is -0.240. The van der Waals surface area contributed by atoms with E-state index in [4.69, 9.17) is 14.2 Å². The van der Waals surface area contributed by atoms with E-state index in [1.807, 2.05) is 27.7 Å². The van der Waals surface area contributed by atoms with Crippen molar-refractivity contribution in [3.05, 3.63) is 0 Å². The minimum atomic E-state index is -1.98. The Kier molecular flexibility index (Phi) is 7.31. The van der Waals surface area contributed by atoms with Crippen LogP contribution >= 0.6 is 0 Å². The Balaban J connectivity index is 1.81. The normalized spacial score (nSPS) is 45.5. The van der Waals surface area contributed by atoms with Crippen molar-refractivity contribution in [2.24, 2.45) is 0 Å². The van der Waals surface area contributed by atoms with Crippen molar-refractivity contribution in [1.82, 2.24) is 21.3 Å². The number of carbonyl (C=O) groups is 1. The molecule has 10 atom stereocenters. The summed E-state index contributed by atoms with van der Waals surface area (Å²) in [6.45, 7) is 7.75. The number of rotatable bonds is 5. The van der Waals surface area contributed by atoms with E-state index in [9.17, 15) is 20.1 Å². The Labute approximate surface area is 183 Å². The van der Waals surface area contributed by atoms with Gasteiger partial charge in [0.15, 0.2) is 0 Å². The predicted molar refractivity (Wildman–Crippen MR) is 111 cm³/mol. The molecule has 1 amide bonds. The molecule has 0 spiro atoms. The minimum absolute atomic E-state index is 0.0727. The first-order valence-electron chi connectivity index (χ1n) is 10.9. The summed E-state index contributed by atoms with van der Waals surface area (Å²) in [5, 5.41) is 44.8. The highest BCUT2D eigenvalue weighted by Gasteiger charge is 2.63. The van der Waals surface area contributed by atoms with Crippen molar-refractivity contribution in [2.75, 3.05) is 20.6 Å². The van der Waals surface area contributed by atoms with Crippen molar-refractivity contribution < 1.29 is 34.3 Å². The first-order valence-corrected chi connectivity index (χ1v) is 10.9. The number of hydrogen-bond acceptors (Lipinski definition) is 10. The van der Waals surface area contributed by atoms with Crippen LogP contribution < -0.4 is 21.3 Å². The molecule has 31 heavy (non-hydrogen) atoms. The van der Waals surface area contributed by atoms with Crippen LogP contribution in [0.4, 0.5) is 0 Å². The molecule has 3 rings (SSSR count). The molecule has 1 saturated carbocycles. The summed E-state index contributed by atoms with van der Waals surface area (Å²) in [7, 11) is 3.30. The molecule has 7 N–H and O–H groups in total. The number of nitrogens with one attached hydrogen (secondary N) is 4. The molecule has 11 nitrogen and oxygen atoms in total. The molecule has 2 aliphatic heterocycles. The lowest BCUT2D eigenvalue weighted by molar-refractivity contribution is -0.449. The number of hydrogen-bond donors (Lipinski definition) is 7. The second-order valence-corrected chi connectivity index (χ2v) is 9.78. The second-order valence-electron chi connectivity index (χ2n) is 9.78. The highest BCUT2D eigenvalue weighted by molar-refractivity contribution is 5.78. The van der Waals surface area contributed by atoms with Gasteiger partial charge in [0.2, 0.25) is 18.0 Å². The number of amides is 1. The summed E-state index contributed by atoms with van der Waals surface area (Å²) in [5.74, 6) is -2.28. The standard InChI is InChI=1S/C20H38N4O7/c1-9-7-10(24-11(25)8-23-19(2,3)4)20(28)18(29-9)30-17-15(27)12(21-5)14(26)13(22-6)16(17)31-20/h9-10,12-18,21-23,26-28H,7-8H2,1-6H3,(H,24,25)/t9-,10-,12-,13+,14+,15+,16-,17-,18+,20+/m1/s1. The van der Waals surface area contributed by atoms with Gasteiger partial charge in [0.1, 0.15) is 18.3 Å². The van der Waals surface area contributed by atoms with Crippen LogP contribution in [-0.4, -0.2) is 108 Å². The van der Waals surface area contributed by atoms with Crippen LogP contribution in [-0.2, 0) is 19.0 Å². The fourth-order valence-corrected chi connectivity index (χ4v) is 4.61. The van der Waals surface area contributed by atoms with Gasteiger partial charge in [-0.1, -0.05) is 0 Å². The molecule has 180 valence electrons. The molecule has 0 bridgehead atoms. The summed E-state index contributed by atoms with van der Waals surface area (Å²) in [6.07, 6.45) is -5.04. The number of carbonyl (C=O) groups excluding carboxylic acids is 1. The highest BCUT2D eigenvalue weighted by Crippen LogP contribution is 2.41. The molecule has 0 unspecified atom stereocenters. The number of ether oxygens (including phenoxy) is 3. The third kappa shape index (κ3) is 4.90. The Hall–Kier alpha value is -0.890. The second kappa shape index (κ2) is 9.16. The zero-order valence-corrected chi connectivity index (χ0v) is 19.1. The molecule has 1 aliphatic carbocycles. The zero-order valence-electron chi connectivity index (χ0n) is 19.1. The quantitative estimate of drug-likeness (QED) is 0.239. The van der Waals surface area contributed by atoms with E-state index in [1.54, 1.807) is 14.1 Å². The first-order chi connectivity index (χ1) is 14.4. The van der Waals surface area contributed by atoms with E-state index in [1.165, 1.54) is 0 Å². The van der Waals surface area contributed by atoms with Gasteiger partial charge in [0, 0.05) is 5.54 Å². The summed E-state index contributed by atoms with van der Waals surface area (Å²) >= 11 is 0. The third-order valence-electron chi connectivity index (χ3n) is 6.27. The van der Waals surface area contributed by atoms with Gasteiger partial charge in [-0.3, -0.25) is 4.79 Å². The van der Waals surface area contributed by atoms with Crippen molar-refractivity contribution in [2.45, 2.75) is 100 Å². The van der Waals surface area contributed by atoms with Crippen molar-refractivity contribution in [1.29, 1.82) is 0 Å². The summed E-state index contributed by atoms with van der Waals surface area (Å²) in [4.78, 5) is 12.5. The van der Waals surface area contributed by atoms with E-state index in [0.29, 0.717) is 6.42 Å². The van der Waals surface area contributed by atoms with Crippen LogP contribution in [0.25, 0.3) is 0 Å². The highest BCUT2D eigenvalue weighted by atomic mass is 16.8. The van der Waals surface area contributed by atoms with E-state index in [0.717, 1.165) is 0 Å². The SMILES string of the molecule is CN[C@@H]1[C@H](O)[C@H](NC)[C@H]2O[C@]3(O)[C@H](O[C@@H]2[C@H]1O)O[C@H](C)C[C@H]3NC(=O)CNC(C)(C)C. The Morgan fingerprint density at radius 2 is 1.71 bits per heavy atom. The monoisotopic (exact) mass is 446 g/mol. The van der Waals surface area contributed by atoms with Gasteiger partial charge in [-0.25, -0.2) is 0 Å². The molecule has 11 heteroatoms. The Morgan fingerprint density at radius 3 is 2.29 bits per heavy atom. The summed E-state index contributed by atoms with van der Waals surface area (Å²) < 4.78 is 17.9.